The topological polar surface area (TPSA) is 0 Å². The third-order valence-electron chi connectivity index (χ3n) is 3.94. The van der Waals surface area contributed by atoms with Crippen LogP contribution in [0.5, 0.6) is 0 Å². The molecule has 0 rings (SSSR count). The summed E-state index contributed by atoms with van der Waals surface area (Å²) in [5.74, 6) is 0. The minimum absolute atomic E-state index is 0. The van der Waals surface area contributed by atoms with Crippen molar-refractivity contribution < 1.29 is 20.3 Å². The second-order valence-corrected chi connectivity index (χ2v) is 10.1. The number of halogens is 1. The molecule has 0 bridgehead atoms. The Morgan fingerprint density at radius 2 is 0.789 bits per heavy atom. The summed E-state index contributed by atoms with van der Waals surface area (Å²) in [7, 11) is -0.562. The Balaban J connectivity index is -0.000000427. The molecule has 0 fully saturated rings. The van der Waals surface area contributed by atoms with Crippen molar-refractivity contribution >= 4 is 24.2 Å². The first kappa shape index (κ1) is 25.5. The SMILES string of the molecule is Br.CCCC[P+](CCCC)(CCCC)CCCC.[H-].[Li+]. The zero-order valence-electron chi connectivity index (χ0n) is 15.3. The van der Waals surface area contributed by atoms with Crippen molar-refractivity contribution in [1.82, 2.24) is 0 Å². The first-order valence-electron chi connectivity index (χ1n) is 8.09. The molecule has 0 aliphatic heterocycles. The van der Waals surface area contributed by atoms with Gasteiger partial charge in [-0.15, -0.1) is 17.0 Å². The molecule has 19 heavy (non-hydrogen) atoms. The fourth-order valence-corrected chi connectivity index (χ4v) is 7.93. The standard InChI is InChI=1S/C16H36P.BrH.Li.H/c1-5-9-13-17(14-10-6-2,15-11-7-3)16-12-8-4;;;/h5-16H2,1-4H3;1H;;/q+1;;+1;-1. The molecule has 0 radical (unpaired) electrons. The van der Waals surface area contributed by atoms with Gasteiger partial charge in [-0.25, -0.2) is 0 Å². The first-order valence-corrected chi connectivity index (χ1v) is 10.6. The van der Waals surface area contributed by atoms with Crippen LogP contribution >= 0.6 is 24.2 Å². The maximum atomic E-state index is 2.36. The summed E-state index contributed by atoms with van der Waals surface area (Å²) >= 11 is 0. The van der Waals surface area contributed by atoms with Crippen molar-refractivity contribution in [1.29, 1.82) is 0 Å². The molecule has 114 valence electrons. The molecule has 0 spiro atoms. The molecule has 0 aromatic carbocycles. The molecule has 0 saturated heterocycles. The normalized spacial score (nSPS) is 10.7. The molecular formula is C16H38BrLiP+. The van der Waals surface area contributed by atoms with E-state index in [1.807, 2.05) is 0 Å². The summed E-state index contributed by atoms with van der Waals surface area (Å²) in [6, 6.07) is 0. The van der Waals surface area contributed by atoms with Gasteiger partial charge in [0.1, 0.15) is 0 Å². The molecule has 0 aliphatic carbocycles. The van der Waals surface area contributed by atoms with E-state index in [0.717, 1.165) is 0 Å². The van der Waals surface area contributed by atoms with Crippen LogP contribution in [0.15, 0.2) is 0 Å². The van der Waals surface area contributed by atoms with Crippen LogP contribution in [0, 0.1) is 0 Å². The molecule has 0 aliphatic rings. The van der Waals surface area contributed by atoms with Crippen LogP contribution in [0.2, 0.25) is 0 Å². The molecule has 0 amide bonds. The Kier molecular flexibility index (Phi) is 23.5. The van der Waals surface area contributed by atoms with E-state index < -0.39 is 7.26 Å². The number of hydrogen-bond donors (Lipinski definition) is 0. The monoisotopic (exact) mass is 347 g/mol. The van der Waals surface area contributed by atoms with Crippen LogP contribution in [0.4, 0.5) is 0 Å². The second kappa shape index (κ2) is 17.6. The van der Waals surface area contributed by atoms with E-state index >= 15 is 0 Å². The smallest absolute Gasteiger partial charge is 1.00 e. The van der Waals surface area contributed by atoms with Crippen LogP contribution in [-0.2, 0) is 0 Å². The Morgan fingerprint density at radius 1 is 0.579 bits per heavy atom. The average Bonchev–Trinajstić information content (AvgIpc) is 2.37. The number of rotatable bonds is 12. The fourth-order valence-electron chi connectivity index (χ4n) is 2.64. The number of hydrogen-bond acceptors (Lipinski definition) is 0. The Morgan fingerprint density at radius 3 is 0.947 bits per heavy atom. The molecule has 3 heteroatoms. The van der Waals surface area contributed by atoms with Gasteiger partial charge in [0, 0.05) is 7.26 Å². The Bertz CT molecular complexity index is 133. The van der Waals surface area contributed by atoms with Crippen molar-refractivity contribution in [2.75, 3.05) is 24.6 Å². The van der Waals surface area contributed by atoms with Gasteiger partial charge in [-0.05, 0) is 25.7 Å². The van der Waals surface area contributed by atoms with Crippen LogP contribution in [-0.4, -0.2) is 24.6 Å². The molecule has 0 N–H and O–H groups in total. The average molecular weight is 348 g/mol. The maximum absolute atomic E-state index is 2.36. The third kappa shape index (κ3) is 12.9. The van der Waals surface area contributed by atoms with Crippen LogP contribution in [0.1, 0.15) is 80.5 Å². The largest absolute Gasteiger partial charge is 1.00 e. The van der Waals surface area contributed by atoms with Gasteiger partial charge in [0.05, 0.1) is 24.6 Å². The van der Waals surface area contributed by atoms with Gasteiger partial charge in [-0.2, -0.15) is 0 Å². The van der Waals surface area contributed by atoms with Crippen molar-refractivity contribution in [3.05, 3.63) is 0 Å². The zero-order valence-corrected chi connectivity index (χ0v) is 16.9. The third-order valence-corrected chi connectivity index (χ3v) is 9.00. The summed E-state index contributed by atoms with van der Waals surface area (Å²) < 4.78 is 0. The van der Waals surface area contributed by atoms with Gasteiger partial charge in [-0.3, -0.25) is 0 Å². The van der Waals surface area contributed by atoms with Crippen molar-refractivity contribution in [2.24, 2.45) is 0 Å². The predicted octanol–water partition coefficient (Wildman–Crippen LogP) is 3.90. The van der Waals surface area contributed by atoms with Crippen molar-refractivity contribution in [3.63, 3.8) is 0 Å². The summed E-state index contributed by atoms with van der Waals surface area (Å²) in [5.41, 5.74) is 0. The fraction of sp³-hybridized carbons (Fsp3) is 1.00. The summed E-state index contributed by atoms with van der Waals surface area (Å²) in [6.07, 6.45) is 17.9. The second-order valence-electron chi connectivity index (χ2n) is 5.65. The van der Waals surface area contributed by atoms with E-state index in [1.165, 1.54) is 51.4 Å². The van der Waals surface area contributed by atoms with Gasteiger partial charge < -0.3 is 1.43 Å². The molecule has 0 nitrogen and oxygen atoms in total. The van der Waals surface area contributed by atoms with Gasteiger partial charge in [-0.1, -0.05) is 53.4 Å². The molecule has 0 aromatic rings. The minimum atomic E-state index is -0.562. The van der Waals surface area contributed by atoms with Crippen LogP contribution in [0.25, 0.3) is 0 Å². The van der Waals surface area contributed by atoms with E-state index in [4.69, 9.17) is 0 Å². The minimum Gasteiger partial charge on any atom is -1.00 e. The van der Waals surface area contributed by atoms with E-state index in [0.29, 0.717) is 0 Å². The van der Waals surface area contributed by atoms with Gasteiger partial charge in [0.2, 0.25) is 0 Å². The van der Waals surface area contributed by atoms with Crippen LogP contribution in [0.3, 0.4) is 0 Å². The number of unbranched alkanes of at least 4 members (excludes halogenated alkanes) is 4. The van der Waals surface area contributed by atoms with E-state index in [-0.39, 0.29) is 37.3 Å². The van der Waals surface area contributed by atoms with E-state index in [9.17, 15) is 0 Å². The summed E-state index contributed by atoms with van der Waals surface area (Å²) in [6.45, 7) is 9.42. The molecule has 0 atom stereocenters. The molecule has 0 heterocycles. The molecule has 0 saturated carbocycles. The molecule has 0 aromatic heterocycles. The summed E-state index contributed by atoms with van der Waals surface area (Å²) in [5, 5.41) is 0. The quantitative estimate of drug-likeness (QED) is 0.371. The van der Waals surface area contributed by atoms with Crippen molar-refractivity contribution in [3.8, 4) is 0 Å². The first-order chi connectivity index (χ1) is 8.24. The van der Waals surface area contributed by atoms with Gasteiger partial charge in [0.25, 0.3) is 0 Å². The van der Waals surface area contributed by atoms with Crippen LogP contribution < -0.4 is 18.9 Å². The molecule has 0 unspecified atom stereocenters. The Hall–Kier alpha value is 1.51. The predicted molar refractivity (Wildman–Crippen MR) is 97.5 cm³/mol. The maximum Gasteiger partial charge on any atom is 1.00 e. The van der Waals surface area contributed by atoms with E-state index in [2.05, 4.69) is 27.7 Å². The van der Waals surface area contributed by atoms with Gasteiger partial charge in [0.15, 0.2) is 0 Å². The Labute approximate surface area is 148 Å². The molecular weight excluding hydrogens is 310 g/mol. The summed E-state index contributed by atoms with van der Waals surface area (Å²) in [4.78, 5) is 0. The van der Waals surface area contributed by atoms with Crippen molar-refractivity contribution in [2.45, 2.75) is 79.1 Å². The van der Waals surface area contributed by atoms with E-state index in [1.54, 1.807) is 24.6 Å². The zero-order chi connectivity index (χ0) is 13.0. The van der Waals surface area contributed by atoms with Gasteiger partial charge >= 0.3 is 18.9 Å².